The Morgan fingerprint density at radius 2 is 0.829 bits per heavy atom. The van der Waals surface area contributed by atoms with Crippen LogP contribution < -0.4 is 0 Å². The Labute approximate surface area is 218 Å². The van der Waals surface area contributed by atoms with Gasteiger partial charge >= 0.3 is 0 Å². The van der Waals surface area contributed by atoms with Crippen LogP contribution in [0.1, 0.15) is 121 Å². The summed E-state index contributed by atoms with van der Waals surface area (Å²) in [4.78, 5) is 2.51. The lowest BCUT2D eigenvalue weighted by atomic mass is 9.79. The second-order valence-corrected chi connectivity index (χ2v) is 11.1. The predicted molar refractivity (Wildman–Crippen MR) is 156 cm³/mol. The summed E-state index contributed by atoms with van der Waals surface area (Å²) in [5.74, 6) is 0. The molecule has 2 aromatic rings. The van der Waals surface area contributed by atoms with Gasteiger partial charge in [0, 0.05) is 5.54 Å². The Kier molecular flexibility index (Phi) is 15.8. The van der Waals surface area contributed by atoms with Gasteiger partial charge in [-0.05, 0) is 44.5 Å². The van der Waals surface area contributed by atoms with Crippen molar-refractivity contribution in [3.63, 3.8) is 0 Å². The van der Waals surface area contributed by atoms with E-state index in [1.165, 1.54) is 114 Å². The molecule has 0 bridgehead atoms. The van der Waals surface area contributed by atoms with Gasteiger partial charge in [-0.3, -0.25) is 0 Å². The lowest BCUT2D eigenvalue weighted by molar-refractivity contribution is 0.133. The molecule has 0 spiro atoms. The van der Waals surface area contributed by atoms with E-state index >= 15 is 0 Å². The topological polar surface area (TPSA) is 3.24 Å². The third kappa shape index (κ3) is 12.8. The van der Waals surface area contributed by atoms with E-state index in [9.17, 15) is 0 Å². The van der Waals surface area contributed by atoms with Gasteiger partial charge in [0.2, 0.25) is 0 Å². The minimum absolute atomic E-state index is 0.180. The van der Waals surface area contributed by atoms with Gasteiger partial charge in [-0.1, -0.05) is 164 Å². The van der Waals surface area contributed by atoms with Gasteiger partial charge in [0.1, 0.15) is 0 Å². The maximum absolute atomic E-state index is 2.51. The highest BCUT2D eigenvalue weighted by molar-refractivity contribution is 5.23. The average molecular weight is 478 g/mol. The molecule has 35 heavy (non-hydrogen) atoms. The second-order valence-electron chi connectivity index (χ2n) is 11.1. The van der Waals surface area contributed by atoms with E-state index in [0.29, 0.717) is 0 Å². The highest BCUT2D eigenvalue weighted by Gasteiger charge is 2.32. The molecule has 0 N–H and O–H groups in total. The molecule has 0 saturated carbocycles. The number of likely N-dealkylation sites (N-methyl/N-ethyl adjacent to an activating group) is 1. The van der Waals surface area contributed by atoms with E-state index < -0.39 is 0 Å². The maximum atomic E-state index is 2.51. The largest absolute Gasteiger partial charge is 0.303 e. The molecule has 0 aliphatic heterocycles. The third-order valence-corrected chi connectivity index (χ3v) is 7.95. The van der Waals surface area contributed by atoms with Gasteiger partial charge in [0.15, 0.2) is 0 Å². The first-order chi connectivity index (χ1) is 17.2. The zero-order valence-corrected chi connectivity index (χ0v) is 23.4. The van der Waals surface area contributed by atoms with Crippen LogP contribution >= 0.6 is 0 Å². The molecule has 0 atom stereocenters. The molecule has 0 heterocycles. The highest BCUT2D eigenvalue weighted by atomic mass is 15.1. The van der Waals surface area contributed by atoms with Crippen LogP contribution in [0.25, 0.3) is 0 Å². The van der Waals surface area contributed by atoms with Crippen molar-refractivity contribution in [3.8, 4) is 0 Å². The van der Waals surface area contributed by atoms with Crippen molar-refractivity contribution in [1.29, 1.82) is 0 Å². The van der Waals surface area contributed by atoms with Crippen molar-refractivity contribution in [2.45, 2.75) is 128 Å². The molecule has 0 amide bonds. The number of benzene rings is 2. The molecule has 0 unspecified atom stereocenters. The summed E-state index contributed by atoms with van der Waals surface area (Å²) in [5, 5.41) is 0. The Bertz CT molecular complexity index is 679. The van der Waals surface area contributed by atoms with E-state index in [1.807, 2.05) is 0 Å². The first-order valence-corrected chi connectivity index (χ1v) is 14.9. The molecule has 1 heteroatoms. The minimum Gasteiger partial charge on any atom is -0.303 e. The fourth-order valence-corrected chi connectivity index (χ4v) is 5.56. The minimum atomic E-state index is 0.180. The van der Waals surface area contributed by atoms with E-state index in [0.717, 1.165) is 12.8 Å². The zero-order chi connectivity index (χ0) is 25.0. The van der Waals surface area contributed by atoms with Gasteiger partial charge in [-0.25, -0.2) is 0 Å². The van der Waals surface area contributed by atoms with Crippen LogP contribution in [0.3, 0.4) is 0 Å². The first kappa shape index (κ1) is 29.6. The van der Waals surface area contributed by atoms with Crippen molar-refractivity contribution in [3.05, 3.63) is 71.8 Å². The van der Waals surface area contributed by atoms with Crippen molar-refractivity contribution < 1.29 is 0 Å². The molecule has 0 aliphatic carbocycles. The smallest absolute Gasteiger partial charge is 0.0284 e. The number of hydrogen-bond donors (Lipinski definition) is 0. The quantitative estimate of drug-likeness (QED) is 0.162. The van der Waals surface area contributed by atoms with Crippen LogP contribution in [0.4, 0.5) is 0 Å². The van der Waals surface area contributed by atoms with Crippen LogP contribution in [0, 0.1) is 0 Å². The summed E-state index contributed by atoms with van der Waals surface area (Å²) in [5.41, 5.74) is 3.09. The van der Waals surface area contributed by atoms with E-state index in [1.54, 1.807) is 0 Å². The van der Waals surface area contributed by atoms with E-state index in [2.05, 4.69) is 86.6 Å². The monoisotopic (exact) mass is 477 g/mol. The Morgan fingerprint density at radius 1 is 0.486 bits per heavy atom. The van der Waals surface area contributed by atoms with Gasteiger partial charge in [-0.2, -0.15) is 0 Å². The highest BCUT2D eigenvalue weighted by Crippen LogP contribution is 2.30. The second kappa shape index (κ2) is 18.6. The molecule has 1 nitrogen and oxygen atoms in total. The summed E-state index contributed by atoms with van der Waals surface area (Å²) >= 11 is 0. The Balaban J connectivity index is 1.67. The van der Waals surface area contributed by atoms with Crippen LogP contribution in [0.2, 0.25) is 0 Å². The molecule has 0 aliphatic rings. The predicted octanol–water partition coefficient (Wildman–Crippen LogP) is 10.0. The average Bonchev–Trinajstić information content (AvgIpc) is 2.87. The summed E-state index contributed by atoms with van der Waals surface area (Å²) in [7, 11) is 4.58. The number of unbranched alkanes of at least 4 members (excludes halogenated alkanes) is 14. The fourth-order valence-electron chi connectivity index (χ4n) is 5.56. The summed E-state index contributed by atoms with van der Waals surface area (Å²) in [6.07, 6.45) is 24.9. The Hall–Kier alpha value is -1.60. The first-order valence-electron chi connectivity index (χ1n) is 14.9. The number of nitrogens with zero attached hydrogens (tertiary/aromatic N) is 1. The molecule has 0 saturated heterocycles. The lowest BCUT2D eigenvalue weighted by Gasteiger charge is -2.41. The Morgan fingerprint density at radius 3 is 1.17 bits per heavy atom. The molecule has 196 valence electrons. The molecular formula is C34H55N. The summed E-state index contributed by atoms with van der Waals surface area (Å²) in [6, 6.07) is 22.2. The van der Waals surface area contributed by atoms with Crippen LogP contribution in [-0.2, 0) is 12.8 Å². The summed E-state index contributed by atoms with van der Waals surface area (Å²) in [6.45, 7) is 2.30. The molecule has 2 rings (SSSR count). The van der Waals surface area contributed by atoms with Crippen molar-refractivity contribution in [2.24, 2.45) is 0 Å². The van der Waals surface area contributed by atoms with Crippen molar-refractivity contribution in [2.75, 3.05) is 14.1 Å². The fraction of sp³-hybridized carbons (Fsp3) is 0.647. The van der Waals surface area contributed by atoms with Crippen LogP contribution in [0.15, 0.2) is 60.7 Å². The van der Waals surface area contributed by atoms with Gasteiger partial charge in [0.05, 0.1) is 0 Å². The van der Waals surface area contributed by atoms with E-state index in [-0.39, 0.29) is 5.54 Å². The van der Waals surface area contributed by atoms with Gasteiger partial charge in [0.25, 0.3) is 0 Å². The maximum Gasteiger partial charge on any atom is 0.0284 e. The zero-order valence-electron chi connectivity index (χ0n) is 23.4. The molecular weight excluding hydrogens is 422 g/mol. The van der Waals surface area contributed by atoms with Gasteiger partial charge in [-0.15, -0.1) is 0 Å². The van der Waals surface area contributed by atoms with Crippen molar-refractivity contribution >= 4 is 0 Å². The summed E-state index contributed by atoms with van der Waals surface area (Å²) < 4.78 is 0. The normalized spacial score (nSPS) is 11.9. The lowest BCUT2D eigenvalue weighted by Crippen LogP contribution is -2.48. The molecule has 2 aromatic carbocycles. The third-order valence-electron chi connectivity index (χ3n) is 7.95. The SMILES string of the molecule is CCCCCCCCCCCCCCCCCC(Cc1ccccc1)(Cc1ccccc1)N(C)C. The van der Waals surface area contributed by atoms with Crippen molar-refractivity contribution in [1.82, 2.24) is 4.90 Å². The molecule has 0 fully saturated rings. The molecule has 0 aromatic heterocycles. The number of hydrogen-bond acceptors (Lipinski definition) is 1. The van der Waals surface area contributed by atoms with Crippen LogP contribution in [0.5, 0.6) is 0 Å². The van der Waals surface area contributed by atoms with Crippen LogP contribution in [-0.4, -0.2) is 24.5 Å². The van der Waals surface area contributed by atoms with Gasteiger partial charge < -0.3 is 4.90 Å². The van der Waals surface area contributed by atoms with E-state index in [4.69, 9.17) is 0 Å². The standard InChI is InChI=1S/C34H55N/c1-4-5-6-7-8-9-10-11-12-13-14-15-16-17-24-29-34(35(2)3,30-32-25-20-18-21-26-32)31-33-27-22-19-23-28-33/h18-23,25-28H,4-17,24,29-31H2,1-3H3. The number of rotatable bonds is 21. The molecule has 0 radical (unpaired) electrons.